The highest BCUT2D eigenvalue weighted by Gasteiger charge is 2.54. The Morgan fingerprint density at radius 2 is 2.05 bits per heavy atom. The number of carboxylic acid groups (broad SMARTS) is 1. The van der Waals surface area contributed by atoms with Crippen LogP contribution in [0.2, 0.25) is 0 Å². The number of pyridine rings is 1. The van der Waals surface area contributed by atoms with Crippen molar-refractivity contribution >= 4 is 22.4 Å². The van der Waals surface area contributed by atoms with E-state index in [-0.39, 0.29) is 5.69 Å². The van der Waals surface area contributed by atoms with Crippen LogP contribution in [0.3, 0.4) is 0 Å². The van der Waals surface area contributed by atoms with Gasteiger partial charge in [0.05, 0.1) is 16.0 Å². The predicted octanol–water partition coefficient (Wildman–Crippen LogP) is 2.26. The van der Waals surface area contributed by atoms with Crippen molar-refractivity contribution in [2.75, 3.05) is 0 Å². The molecule has 0 unspecified atom stereocenters. The number of rotatable bonds is 3. The molecule has 1 aromatic heterocycles. The van der Waals surface area contributed by atoms with Crippen LogP contribution in [0.25, 0.3) is 10.8 Å². The third-order valence-electron chi connectivity index (χ3n) is 3.59. The van der Waals surface area contributed by atoms with Crippen LogP contribution >= 0.6 is 0 Å². The summed E-state index contributed by atoms with van der Waals surface area (Å²) in [5, 5.41) is 21.3. The number of nitro groups is 1. The molecule has 0 saturated heterocycles. The van der Waals surface area contributed by atoms with Gasteiger partial charge >= 0.3 is 5.97 Å². The third kappa shape index (κ3) is 1.56. The quantitative estimate of drug-likeness (QED) is 0.673. The molecular formula is C13H10N2O4. The molecule has 0 radical (unpaired) electrons. The molecule has 6 heteroatoms. The Morgan fingerprint density at radius 3 is 2.63 bits per heavy atom. The molecule has 96 valence electrons. The molecule has 1 N–H and O–H groups in total. The topological polar surface area (TPSA) is 93.3 Å². The van der Waals surface area contributed by atoms with Crippen LogP contribution in [-0.4, -0.2) is 21.0 Å². The third-order valence-corrected chi connectivity index (χ3v) is 3.59. The summed E-state index contributed by atoms with van der Waals surface area (Å²) < 4.78 is 0. The van der Waals surface area contributed by atoms with Crippen molar-refractivity contribution in [3.63, 3.8) is 0 Å². The van der Waals surface area contributed by atoms with Gasteiger partial charge in [-0.15, -0.1) is 0 Å². The minimum absolute atomic E-state index is 0.0256. The van der Waals surface area contributed by atoms with Crippen LogP contribution in [0.4, 0.5) is 5.69 Å². The second-order valence-electron chi connectivity index (χ2n) is 4.68. The first-order valence-electron chi connectivity index (χ1n) is 5.82. The number of benzene rings is 1. The molecule has 6 nitrogen and oxygen atoms in total. The molecule has 2 aromatic rings. The van der Waals surface area contributed by atoms with Gasteiger partial charge in [-0.05, 0) is 18.9 Å². The zero-order valence-corrected chi connectivity index (χ0v) is 9.87. The lowest BCUT2D eigenvalue weighted by atomic mass is 9.96. The van der Waals surface area contributed by atoms with Gasteiger partial charge in [-0.25, -0.2) is 0 Å². The summed E-state index contributed by atoms with van der Waals surface area (Å²) >= 11 is 0. The summed E-state index contributed by atoms with van der Waals surface area (Å²) in [5.74, 6) is -0.918. The van der Waals surface area contributed by atoms with E-state index in [9.17, 15) is 20.0 Å². The molecule has 1 saturated carbocycles. The van der Waals surface area contributed by atoms with E-state index in [2.05, 4.69) is 4.98 Å². The number of non-ortho nitro benzene ring substituents is 1. The van der Waals surface area contributed by atoms with Gasteiger partial charge in [0.2, 0.25) is 0 Å². The van der Waals surface area contributed by atoms with Crippen molar-refractivity contribution in [3.05, 3.63) is 46.3 Å². The molecule has 1 fully saturated rings. The predicted molar refractivity (Wildman–Crippen MR) is 66.9 cm³/mol. The molecule has 3 rings (SSSR count). The summed E-state index contributed by atoms with van der Waals surface area (Å²) in [6, 6.07) is 6.21. The first-order chi connectivity index (χ1) is 9.06. The van der Waals surface area contributed by atoms with Gasteiger partial charge in [0.25, 0.3) is 5.69 Å². The lowest BCUT2D eigenvalue weighted by Gasteiger charge is -2.12. The van der Waals surface area contributed by atoms with Crippen molar-refractivity contribution in [2.45, 2.75) is 18.3 Å². The van der Waals surface area contributed by atoms with E-state index in [1.807, 2.05) is 0 Å². The fourth-order valence-electron chi connectivity index (χ4n) is 2.41. The van der Waals surface area contributed by atoms with Crippen LogP contribution in [-0.2, 0) is 10.2 Å². The molecule has 0 bridgehead atoms. The Bertz CT molecular complexity index is 707. The maximum atomic E-state index is 11.4. The Morgan fingerprint density at radius 1 is 1.32 bits per heavy atom. The standard InChI is InChI=1S/C13H10N2O4/c16-12(17)13(5-6-13)11-9-2-1-3-10(15(18)19)8(9)4-7-14-11/h1-4,7H,5-6H2,(H,16,17). The van der Waals surface area contributed by atoms with Crippen molar-refractivity contribution in [1.29, 1.82) is 0 Å². The number of nitro benzene ring substituents is 1. The lowest BCUT2D eigenvalue weighted by Crippen LogP contribution is -2.21. The minimum Gasteiger partial charge on any atom is -0.481 e. The fraction of sp³-hybridized carbons (Fsp3) is 0.231. The average Bonchev–Trinajstić information content (AvgIpc) is 3.18. The molecule has 19 heavy (non-hydrogen) atoms. The summed E-state index contributed by atoms with van der Waals surface area (Å²) in [6.45, 7) is 0. The Hall–Kier alpha value is -2.50. The number of carboxylic acids is 1. The Labute approximate surface area is 107 Å². The molecule has 1 aromatic carbocycles. The van der Waals surface area contributed by atoms with E-state index in [0.717, 1.165) is 0 Å². The zero-order chi connectivity index (χ0) is 13.6. The second kappa shape index (κ2) is 3.74. The van der Waals surface area contributed by atoms with E-state index in [1.54, 1.807) is 18.2 Å². The van der Waals surface area contributed by atoms with E-state index in [4.69, 9.17) is 0 Å². The summed E-state index contributed by atoms with van der Waals surface area (Å²) in [4.78, 5) is 26.1. The number of carbonyl (C=O) groups is 1. The van der Waals surface area contributed by atoms with Gasteiger partial charge < -0.3 is 5.11 Å². The molecule has 1 heterocycles. The van der Waals surface area contributed by atoms with Gasteiger partial charge in [0, 0.05) is 17.6 Å². The lowest BCUT2D eigenvalue weighted by molar-refractivity contribution is -0.383. The van der Waals surface area contributed by atoms with Crippen LogP contribution in [0.15, 0.2) is 30.5 Å². The van der Waals surface area contributed by atoms with Crippen LogP contribution in [0.5, 0.6) is 0 Å². The van der Waals surface area contributed by atoms with E-state index < -0.39 is 16.3 Å². The maximum absolute atomic E-state index is 11.4. The highest BCUT2D eigenvalue weighted by Crippen LogP contribution is 2.50. The number of aromatic nitrogens is 1. The van der Waals surface area contributed by atoms with Crippen molar-refractivity contribution in [1.82, 2.24) is 4.98 Å². The van der Waals surface area contributed by atoms with Gasteiger partial charge in [0.1, 0.15) is 5.41 Å². The molecule has 0 amide bonds. The highest BCUT2D eigenvalue weighted by molar-refractivity contribution is 5.97. The van der Waals surface area contributed by atoms with Gasteiger partial charge in [-0.1, -0.05) is 12.1 Å². The van der Waals surface area contributed by atoms with E-state index in [1.165, 1.54) is 12.3 Å². The van der Waals surface area contributed by atoms with Gasteiger partial charge in [-0.3, -0.25) is 19.9 Å². The smallest absolute Gasteiger partial charge is 0.315 e. The SMILES string of the molecule is O=C(O)C1(c2nccc3c([N+](=O)[O-])cccc23)CC1. The number of hydrogen-bond acceptors (Lipinski definition) is 4. The average molecular weight is 258 g/mol. The summed E-state index contributed by atoms with van der Waals surface area (Å²) in [6.07, 6.45) is 2.49. The van der Waals surface area contributed by atoms with Gasteiger partial charge in [-0.2, -0.15) is 0 Å². The largest absolute Gasteiger partial charge is 0.481 e. The van der Waals surface area contributed by atoms with Crippen LogP contribution in [0, 0.1) is 10.1 Å². The van der Waals surface area contributed by atoms with Crippen molar-refractivity contribution in [3.8, 4) is 0 Å². The number of nitrogens with zero attached hydrogens (tertiary/aromatic N) is 2. The molecule has 0 atom stereocenters. The first kappa shape index (κ1) is 11.6. The maximum Gasteiger partial charge on any atom is 0.315 e. The Balaban J connectivity index is 2.31. The minimum atomic E-state index is -0.964. The van der Waals surface area contributed by atoms with Gasteiger partial charge in [0.15, 0.2) is 0 Å². The molecule has 0 aliphatic heterocycles. The van der Waals surface area contributed by atoms with Crippen molar-refractivity contribution < 1.29 is 14.8 Å². The Kier molecular flexibility index (Phi) is 2.28. The molecule has 1 aliphatic carbocycles. The number of hydrogen-bond donors (Lipinski definition) is 1. The second-order valence-corrected chi connectivity index (χ2v) is 4.68. The highest BCUT2D eigenvalue weighted by atomic mass is 16.6. The zero-order valence-electron chi connectivity index (χ0n) is 9.87. The summed E-state index contributed by atoms with van der Waals surface area (Å²) in [5.41, 5.74) is -0.558. The molecular weight excluding hydrogens is 248 g/mol. The number of aliphatic carboxylic acids is 1. The normalized spacial score (nSPS) is 16.2. The molecule has 0 spiro atoms. The fourth-order valence-corrected chi connectivity index (χ4v) is 2.41. The van der Waals surface area contributed by atoms with Crippen molar-refractivity contribution in [2.24, 2.45) is 0 Å². The van der Waals surface area contributed by atoms with Crippen LogP contribution < -0.4 is 0 Å². The summed E-state index contributed by atoms with van der Waals surface area (Å²) in [7, 11) is 0. The first-order valence-corrected chi connectivity index (χ1v) is 5.82. The number of fused-ring (bicyclic) bond motifs is 1. The van der Waals surface area contributed by atoms with E-state index in [0.29, 0.717) is 29.3 Å². The monoisotopic (exact) mass is 258 g/mol. The van der Waals surface area contributed by atoms with E-state index >= 15 is 0 Å². The van der Waals surface area contributed by atoms with Crippen LogP contribution in [0.1, 0.15) is 18.5 Å². The molecule has 1 aliphatic rings.